The number of amides is 1. The summed E-state index contributed by atoms with van der Waals surface area (Å²) >= 11 is 0. The van der Waals surface area contributed by atoms with E-state index < -0.39 is 45.2 Å². The molecule has 2 heterocycles. The van der Waals surface area contributed by atoms with Crippen molar-refractivity contribution in [3.05, 3.63) is 12.2 Å². The minimum Gasteiger partial charge on any atom is -0.389 e. The number of aliphatic hydroxyl groups is 1. The first-order chi connectivity index (χ1) is 11.6. The van der Waals surface area contributed by atoms with Crippen LogP contribution in [-0.4, -0.2) is 60.3 Å². The summed E-state index contributed by atoms with van der Waals surface area (Å²) in [6, 6.07) is 0. The molecule has 8 nitrogen and oxygen atoms in total. The molecule has 9 heteroatoms. The zero-order chi connectivity index (χ0) is 18.5. The van der Waals surface area contributed by atoms with E-state index in [1.165, 1.54) is 0 Å². The summed E-state index contributed by atoms with van der Waals surface area (Å²) in [6.45, 7) is 1.47. The van der Waals surface area contributed by atoms with Crippen LogP contribution >= 0.6 is 0 Å². The Balaban J connectivity index is 1.82. The normalized spacial score (nSPS) is 38.5. The molecule has 2 fully saturated rings. The molecular weight excluding hydrogens is 350 g/mol. The third kappa shape index (κ3) is 2.78. The monoisotopic (exact) mass is 374 g/mol. The van der Waals surface area contributed by atoms with E-state index in [0.29, 0.717) is 0 Å². The first-order valence-electron chi connectivity index (χ1n) is 8.38. The lowest BCUT2D eigenvalue weighted by Gasteiger charge is -2.47. The molecule has 0 aromatic heterocycles. The number of carbonyl (C=O) groups is 1. The Morgan fingerprint density at radius 3 is 2.84 bits per heavy atom. The van der Waals surface area contributed by atoms with Crippen LogP contribution in [-0.2, 0) is 23.8 Å². The van der Waals surface area contributed by atoms with Crippen molar-refractivity contribution in [3.63, 3.8) is 0 Å². The molecule has 1 aliphatic carbocycles. The molecule has 2 aliphatic heterocycles. The number of hydrogen-bond acceptors (Lipinski definition) is 6. The van der Waals surface area contributed by atoms with Crippen LogP contribution < -0.4 is 5.32 Å². The van der Waals surface area contributed by atoms with Gasteiger partial charge in [0.2, 0.25) is 5.91 Å². The van der Waals surface area contributed by atoms with Gasteiger partial charge in [0, 0.05) is 12.8 Å². The van der Waals surface area contributed by atoms with Gasteiger partial charge in [0.1, 0.15) is 12.0 Å². The third-order valence-corrected chi connectivity index (χ3v) is 6.17. The molecule has 0 unspecified atom stereocenters. The van der Waals surface area contributed by atoms with Crippen LogP contribution in [0.15, 0.2) is 12.2 Å². The van der Waals surface area contributed by atoms with Crippen LogP contribution in [0.1, 0.15) is 32.6 Å². The summed E-state index contributed by atoms with van der Waals surface area (Å²) in [5.41, 5.74) is -2.55. The van der Waals surface area contributed by atoms with Crippen LogP contribution in [0.2, 0.25) is 0 Å². The number of aliphatic hydroxyl groups excluding tert-OH is 1. The first kappa shape index (κ1) is 18.3. The van der Waals surface area contributed by atoms with E-state index in [-0.39, 0.29) is 18.9 Å². The Bertz CT molecular complexity index is 718. The molecule has 2 saturated heterocycles. The maximum absolute atomic E-state index is 12.5. The fourth-order valence-corrected chi connectivity index (χ4v) is 4.62. The lowest BCUT2D eigenvalue weighted by molar-refractivity contribution is -0.147. The molecule has 0 aromatic rings. The van der Waals surface area contributed by atoms with Gasteiger partial charge >= 0.3 is 5.97 Å². The molecule has 140 valence electrons. The van der Waals surface area contributed by atoms with Crippen LogP contribution in [0, 0.1) is 11.8 Å². The average molecular weight is 374 g/mol. The SMILES string of the molecule is C[C@@]12OC(=[OH+])[C@]1([C@@H](O)[C@@H]1C=CCCC1)NC(=O)[C@@H]2CCOS(C)(=O)=O. The van der Waals surface area contributed by atoms with E-state index in [0.717, 1.165) is 25.5 Å². The molecule has 0 aromatic carbocycles. The predicted molar refractivity (Wildman–Crippen MR) is 88.7 cm³/mol. The van der Waals surface area contributed by atoms with Crippen molar-refractivity contribution in [3.8, 4) is 0 Å². The van der Waals surface area contributed by atoms with Gasteiger partial charge in [0.15, 0.2) is 0 Å². The average Bonchev–Trinajstić information content (AvgIpc) is 2.71. The van der Waals surface area contributed by atoms with Gasteiger partial charge in [-0.15, -0.1) is 0 Å². The fraction of sp³-hybridized carbons (Fsp3) is 0.750. The molecule has 25 heavy (non-hydrogen) atoms. The van der Waals surface area contributed by atoms with Crippen molar-refractivity contribution in [2.75, 3.05) is 12.9 Å². The second kappa shape index (κ2) is 6.07. The minimum atomic E-state index is -3.61. The summed E-state index contributed by atoms with van der Waals surface area (Å²) in [7, 11) is -3.61. The van der Waals surface area contributed by atoms with E-state index in [4.69, 9.17) is 8.92 Å². The van der Waals surface area contributed by atoms with E-state index in [1.54, 1.807) is 6.92 Å². The van der Waals surface area contributed by atoms with Crippen molar-refractivity contribution in [2.24, 2.45) is 11.8 Å². The molecule has 3 rings (SSSR count). The van der Waals surface area contributed by atoms with Crippen molar-refractivity contribution in [2.45, 2.75) is 49.9 Å². The molecule has 3 N–H and O–H groups in total. The molecule has 5 atom stereocenters. The predicted octanol–water partition coefficient (Wildman–Crippen LogP) is -0.154. The molecular formula is C16H24NO7S+. The number of allylic oxidation sites excluding steroid dienone is 1. The second-order valence-corrected chi connectivity index (χ2v) is 8.79. The highest BCUT2D eigenvalue weighted by molar-refractivity contribution is 7.85. The Hall–Kier alpha value is -1.45. The Labute approximate surface area is 146 Å². The van der Waals surface area contributed by atoms with E-state index in [9.17, 15) is 23.1 Å². The maximum Gasteiger partial charge on any atom is 0.520 e. The number of nitrogens with one attached hydrogen (secondary N) is 1. The van der Waals surface area contributed by atoms with Crippen molar-refractivity contribution < 1.29 is 32.0 Å². The smallest absolute Gasteiger partial charge is 0.389 e. The van der Waals surface area contributed by atoms with Crippen LogP contribution in [0.3, 0.4) is 0 Å². The van der Waals surface area contributed by atoms with Crippen molar-refractivity contribution in [1.29, 1.82) is 0 Å². The Morgan fingerprint density at radius 1 is 1.56 bits per heavy atom. The van der Waals surface area contributed by atoms with Gasteiger partial charge in [-0.2, -0.15) is 8.42 Å². The van der Waals surface area contributed by atoms with Crippen LogP contribution in [0.5, 0.6) is 0 Å². The summed E-state index contributed by atoms with van der Waals surface area (Å²) in [5.74, 6) is -1.75. The molecule has 1 amide bonds. The number of ether oxygens (including phenoxy) is 1. The first-order valence-corrected chi connectivity index (χ1v) is 10.2. The number of fused-ring (bicyclic) bond motifs is 1. The fourth-order valence-electron chi connectivity index (χ4n) is 4.22. The zero-order valence-corrected chi connectivity index (χ0v) is 15.1. The molecule has 0 spiro atoms. The highest BCUT2D eigenvalue weighted by Gasteiger charge is 2.87. The summed E-state index contributed by atoms with van der Waals surface area (Å²) in [5, 5.41) is 13.6. The molecule has 0 radical (unpaired) electrons. The molecule has 0 saturated carbocycles. The second-order valence-electron chi connectivity index (χ2n) is 7.15. The third-order valence-electron chi connectivity index (χ3n) is 5.58. The van der Waals surface area contributed by atoms with Gasteiger partial charge in [-0.25, -0.2) is 0 Å². The zero-order valence-electron chi connectivity index (χ0n) is 14.3. The number of esters is 1. The lowest BCUT2D eigenvalue weighted by atomic mass is 9.64. The highest BCUT2D eigenvalue weighted by Crippen LogP contribution is 2.53. The largest absolute Gasteiger partial charge is 0.520 e. The number of hydrogen-bond donors (Lipinski definition) is 2. The van der Waals surface area contributed by atoms with Gasteiger partial charge in [0.25, 0.3) is 21.3 Å². The summed E-state index contributed by atoms with van der Waals surface area (Å²) in [6.07, 6.45) is 6.50. The van der Waals surface area contributed by atoms with Gasteiger partial charge in [-0.05, 0) is 25.7 Å². The van der Waals surface area contributed by atoms with Crippen molar-refractivity contribution >= 4 is 22.0 Å². The summed E-state index contributed by atoms with van der Waals surface area (Å²) in [4.78, 5) is 22.7. The van der Waals surface area contributed by atoms with Gasteiger partial charge in [-0.1, -0.05) is 12.2 Å². The van der Waals surface area contributed by atoms with E-state index >= 15 is 0 Å². The highest BCUT2D eigenvalue weighted by atomic mass is 32.2. The van der Waals surface area contributed by atoms with Gasteiger partial charge < -0.3 is 20.0 Å². The van der Waals surface area contributed by atoms with E-state index in [1.807, 2.05) is 12.2 Å². The standard InChI is InChI=1S/C16H23NO7S/c1-15-11(8-9-23-25(2,21)22)13(19)17-16(15,14(20)24-15)12(18)10-6-4-3-5-7-10/h4,6,10-12,18H,3,5,7-9H2,1-2H3,(H,17,19)/p+1/t10-,11+,12+,15+,16+/m1/s1. The maximum atomic E-state index is 12.5. The molecule has 0 bridgehead atoms. The summed E-state index contributed by atoms with van der Waals surface area (Å²) < 4.78 is 32.4. The lowest BCUT2D eigenvalue weighted by Crippen LogP contribution is -2.80. The van der Waals surface area contributed by atoms with Crippen molar-refractivity contribution in [1.82, 2.24) is 5.32 Å². The van der Waals surface area contributed by atoms with Crippen LogP contribution in [0.25, 0.3) is 0 Å². The molecule has 3 aliphatic rings. The number of carbonyl (C=O) groups excluding carboxylic acids is 2. The Kier molecular flexibility index (Phi) is 4.45. The topological polar surface area (TPSA) is 123 Å². The van der Waals surface area contributed by atoms with E-state index in [2.05, 4.69) is 5.32 Å². The van der Waals surface area contributed by atoms with Gasteiger partial charge in [0.05, 0.1) is 12.9 Å². The Morgan fingerprint density at radius 2 is 2.28 bits per heavy atom. The minimum absolute atomic E-state index is 0.0949. The quantitative estimate of drug-likeness (QED) is 0.288. The number of rotatable bonds is 6. The van der Waals surface area contributed by atoms with Gasteiger partial charge in [-0.3, -0.25) is 8.98 Å². The van der Waals surface area contributed by atoms with Crippen LogP contribution in [0.4, 0.5) is 0 Å².